The molecule has 0 saturated heterocycles. The van der Waals surface area contributed by atoms with Gasteiger partial charge in [-0.2, -0.15) is 0 Å². The first kappa shape index (κ1) is 21.7. The fraction of sp³-hybridized carbons (Fsp3) is 0. The highest BCUT2D eigenvalue weighted by molar-refractivity contribution is 5.62. The van der Waals surface area contributed by atoms with Gasteiger partial charge >= 0.3 is 5.95 Å². The first-order chi connectivity index (χ1) is 14.9. The molecule has 0 atom stereocenters. The van der Waals surface area contributed by atoms with Crippen LogP contribution in [0, 0.1) is 0 Å². The van der Waals surface area contributed by atoms with Gasteiger partial charge in [0.1, 0.15) is 12.4 Å². The highest BCUT2D eigenvalue weighted by Gasteiger charge is 2.07. The van der Waals surface area contributed by atoms with E-state index in [9.17, 15) is 0 Å². The smallest absolute Gasteiger partial charge is 0.437 e. The molecule has 0 aliphatic heterocycles. The average Bonchev–Trinajstić information content (AvgIpc) is 2.87. The van der Waals surface area contributed by atoms with Crippen LogP contribution >= 0.6 is 0 Å². The van der Waals surface area contributed by atoms with Gasteiger partial charge in [0, 0.05) is 43.2 Å². The van der Waals surface area contributed by atoms with Gasteiger partial charge in [0.25, 0.3) is 0 Å². The first-order valence-electron chi connectivity index (χ1n) is 9.40. The van der Waals surface area contributed by atoms with Crippen LogP contribution in [0.1, 0.15) is 0 Å². The number of rotatable bonds is 3. The van der Waals surface area contributed by atoms with Gasteiger partial charge in [-0.25, -0.2) is 4.57 Å². The highest BCUT2D eigenvalue weighted by Crippen LogP contribution is 2.16. The summed E-state index contributed by atoms with van der Waals surface area (Å²) in [5.41, 5.74) is 4.63. The Morgan fingerprint density at radius 2 is 0.806 bits per heavy atom. The molecule has 0 spiro atoms. The van der Waals surface area contributed by atoms with E-state index in [0.717, 1.165) is 11.1 Å². The zero-order chi connectivity index (χ0) is 20.4. The van der Waals surface area contributed by atoms with Gasteiger partial charge in [0.05, 0.1) is 12.4 Å². The molecule has 0 aliphatic rings. The maximum absolute atomic E-state index is 4.19. The lowest BCUT2D eigenvalue weighted by atomic mass is 10.1. The molecule has 0 amide bonds. The SMILES string of the molecule is [Cl-].c1cc(-c2ccncc2)ccn1.c1cnc(-[n+]2ccc(-c3ccncc3)cc2)nc1. The molecule has 0 unspecified atom stereocenters. The normalized spacial score (nSPS) is 9.68. The number of hydrogen-bond acceptors (Lipinski definition) is 5. The second-order valence-corrected chi connectivity index (χ2v) is 6.25. The molecule has 0 aliphatic carbocycles. The Morgan fingerprint density at radius 1 is 0.452 bits per heavy atom. The first-order valence-corrected chi connectivity index (χ1v) is 9.40. The zero-order valence-electron chi connectivity index (χ0n) is 16.5. The Balaban J connectivity index is 0.000000183. The van der Waals surface area contributed by atoms with E-state index >= 15 is 0 Å². The lowest BCUT2D eigenvalue weighted by Gasteiger charge is -2.01. The van der Waals surface area contributed by atoms with Crippen molar-refractivity contribution in [1.82, 2.24) is 24.9 Å². The number of aromatic nitrogens is 6. The van der Waals surface area contributed by atoms with E-state index in [4.69, 9.17) is 0 Å². The van der Waals surface area contributed by atoms with Crippen LogP contribution in [-0.2, 0) is 0 Å². The van der Waals surface area contributed by atoms with Crippen molar-refractivity contribution >= 4 is 0 Å². The summed E-state index contributed by atoms with van der Waals surface area (Å²) in [4.78, 5) is 20.3. The van der Waals surface area contributed by atoms with Gasteiger partial charge in [0.15, 0.2) is 0 Å². The third-order valence-corrected chi connectivity index (χ3v) is 4.32. The summed E-state index contributed by atoms with van der Waals surface area (Å²) < 4.78 is 1.88. The summed E-state index contributed by atoms with van der Waals surface area (Å²) >= 11 is 0. The molecular formula is C24H19ClN6. The van der Waals surface area contributed by atoms with Gasteiger partial charge in [-0.05, 0) is 70.8 Å². The molecule has 0 radical (unpaired) electrons. The van der Waals surface area contributed by atoms with E-state index in [0.29, 0.717) is 5.95 Å². The Labute approximate surface area is 186 Å². The van der Waals surface area contributed by atoms with Crippen LogP contribution in [-0.4, -0.2) is 24.9 Å². The van der Waals surface area contributed by atoms with Gasteiger partial charge in [0.2, 0.25) is 0 Å². The van der Waals surface area contributed by atoms with Crippen LogP contribution in [0.4, 0.5) is 0 Å². The van der Waals surface area contributed by atoms with E-state index in [1.54, 1.807) is 55.6 Å². The summed E-state index contributed by atoms with van der Waals surface area (Å²) in [7, 11) is 0. The molecule has 5 heterocycles. The number of hydrogen-bond donors (Lipinski definition) is 0. The van der Waals surface area contributed by atoms with E-state index in [-0.39, 0.29) is 12.4 Å². The quantitative estimate of drug-likeness (QED) is 0.402. The van der Waals surface area contributed by atoms with E-state index < -0.39 is 0 Å². The van der Waals surface area contributed by atoms with Gasteiger partial charge in [-0.1, -0.05) is 9.97 Å². The highest BCUT2D eigenvalue weighted by atomic mass is 35.5. The van der Waals surface area contributed by atoms with Gasteiger partial charge in [-0.15, -0.1) is 0 Å². The van der Waals surface area contributed by atoms with Crippen LogP contribution in [0.5, 0.6) is 0 Å². The maximum Gasteiger partial charge on any atom is 0.437 e. The fourth-order valence-electron chi connectivity index (χ4n) is 2.81. The van der Waals surface area contributed by atoms with Crippen molar-refractivity contribution in [3.8, 4) is 28.2 Å². The van der Waals surface area contributed by atoms with Crippen LogP contribution < -0.4 is 17.0 Å². The zero-order valence-corrected chi connectivity index (χ0v) is 17.3. The van der Waals surface area contributed by atoms with Crippen molar-refractivity contribution in [2.45, 2.75) is 0 Å². The topological polar surface area (TPSA) is 68.3 Å². The summed E-state index contributed by atoms with van der Waals surface area (Å²) in [6, 6.07) is 17.8. The summed E-state index contributed by atoms with van der Waals surface area (Å²) in [5, 5.41) is 0. The standard InChI is InChI=1S/C14H11N4.C10H8N2.ClH/c1-6-16-14(17-7-1)18-10-4-13(5-11-18)12-2-8-15-9-3-12;1-5-11-6-2-9(1)10-3-7-12-8-4-10;/h1-11H;1-8H;1H/q+1;;/p-1. The summed E-state index contributed by atoms with van der Waals surface area (Å²) in [6.07, 6.45) is 18.1. The lowest BCUT2D eigenvalue weighted by Crippen LogP contribution is -3.00. The van der Waals surface area contributed by atoms with Crippen molar-refractivity contribution in [1.29, 1.82) is 0 Å². The molecule has 0 bridgehead atoms. The number of halogens is 1. The molecule has 0 fully saturated rings. The molecule has 0 saturated carbocycles. The second-order valence-electron chi connectivity index (χ2n) is 6.25. The Hall–Kier alpha value is -4.03. The van der Waals surface area contributed by atoms with Crippen LogP contribution in [0.25, 0.3) is 28.2 Å². The van der Waals surface area contributed by atoms with E-state index in [1.807, 2.05) is 65.5 Å². The molecule has 31 heavy (non-hydrogen) atoms. The van der Waals surface area contributed by atoms with Crippen molar-refractivity contribution in [2.75, 3.05) is 0 Å². The van der Waals surface area contributed by atoms with Crippen molar-refractivity contribution in [3.05, 3.63) is 117 Å². The molecular weight excluding hydrogens is 408 g/mol. The van der Waals surface area contributed by atoms with Crippen LogP contribution in [0.15, 0.2) is 117 Å². The molecule has 152 valence electrons. The predicted octanol–water partition coefficient (Wildman–Crippen LogP) is 0.963. The molecule has 7 heteroatoms. The van der Waals surface area contributed by atoms with Crippen LogP contribution in [0.2, 0.25) is 0 Å². The van der Waals surface area contributed by atoms with Gasteiger partial charge in [-0.3, -0.25) is 15.0 Å². The summed E-state index contributed by atoms with van der Waals surface area (Å²) in [6.45, 7) is 0. The number of pyridine rings is 4. The van der Waals surface area contributed by atoms with E-state index in [2.05, 4.69) is 24.9 Å². The largest absolute Gasteiger partial charge is 1.00 e. The molecule has 5 rings (SSSR count). The third-order valence-electron chi connectivity index (χ3n) is 4.32. The minimum Gasteiger partial charge on any atom is -1.00 e. The number of nitrogens with zero attached hydrogens (tertiary/aromatic N) is 6. The molecule has 5 aromatic heterocycles. The lowest BCUT2D eigenvalue weighted by molar-refractivity contribution is -0.603. The second kappa shape index (κ2) is 11.2. The van der Waals surface area contributed by atoms with Crippen molar-refractivity contribution in [2.24, 2.45) is 0 Å². The minimum absolute atomic E-state index is 0. The fourth-order valence-corrected chi connectivity index (χ4v) is 2.81. The Morgan fingerprint density at radius 3 is 1.19 bits per heavy atom. The van der Waals surface area contributed by atoms with Crippen molar-refractivity contribution in [3.63, 3.8) is 0 Å². The molecule has 5 aromatic rings. The monoisotopic (exact) mass is 426 g/mol. The minimum atomic E-state index is 0. The summed E-state index contributed by atoms with van der Waals surface area (Å²) in [5.74, 6) is 0.666. The Bertz CT molecular complexity index is 1060. The maximum atomic E-state index is 4.19. The van der Waals surface area contributed by atoms with E-state index in [1.165, 1.54) is 11.1 Å². The molecule has 0 aromatic carbocycles. The average molecular weight is 427 g/mol. The molecule has 6 nitrogen and oxygen atoms in total. The van der Waals surface area contributed by atoms with Crippen LogP contribution in [0.3, 0.4) is 0 Å². The van der Waals surface area contributed by atoms with Crippen molar-refractivity contribution < 1.29 is 17.0 Å². The third kappa shape index (κ3) is 5.98. The Kier molecular flexibility index (Phi) is 7.85. The molecule has 0 N–H and O–H groups in total. The predicted molar refractivity (Wildman–Crippen MR) is 114 cm³/mol. The van der Waals surface area contributed by atoms with Gasteiger partial charge < -0.3 is 12.4 Å².